The highest BCUT2D eigenvalue weighted by Gasteiger charge is 2.45. The number of carbonyl (C=O) groups is 1. The number of hydrogen-bond donors (Lipinski definition) is 3. The standard InChI is InChI=1S/C13H14ClN3O4/c14-7-6-8(17(20)21)11(18)9-10(7)15-12(19)16-13(9)4-2-1-3-5-13/h6,18H,1-5H2,(H2,15,16,19). The van der Waals surface area contributed by atoms with Crippen molar-refractivity contribution in [2.45, 2.75) is 37.6 Å². The van der Waals surface area contributed by atoms with Crippen LogP contribution in [0.1, 0.15) is 37.7 Å². The Morgan fingerprint density at radius 2 is 2.00 bits per heavy atom. The summed E-state index contributed by atoms with van der Waals surface area (Å²) < 4.78 is 0. The van der Waals surface area contributed by atoms with E-state index in [1.165, 1.54) is 0 Å². The molecule has 1 aromatic carbocycles. The number of hydrogen-bond acceptors (Lipinski definition) is 4. The van der Waals surface area contributed by atoms with E-state index in [-0.39, 0.29) is 10.7 Å². The first kappa shape index (κ1) is 13.9. The number of urea groups is 1. The van der Waals surface area contributed by atoms with Gasteiger partial charge in [0, 0.05) is 6.07 Å². The summed E-state index contributed by atoms with van der Waals surface area (Å²) in [6.07, 6.45) is 4.03. The van der Waals surface area contributed by atoms with E-state index >= 15 is 0 Å². The Kier molecular flexibility index (Phi) is 3.16. The van der Waals surface area contributed by atoms with Gasteiger partial charge in [0.25, 0.3) is 0 Å². The number of phenolic OH excluding ortho intramolecular Hbond substituents is 1. The van der Waals surface area contributed by atoms with E-state index < -0.39 is 27.9 Å². The van der Waals surface area contributed by atoms with Gasteiger partial charge in [-0.15, -0.1) is 0 Å². The lowest BCUT2D eigenvalue weighted by atomic mass is 9.74. The number of phenols is 1. The Balaban J connectivity index is 2.27. The quantitative estimate of drug-likeness (QED) is 0.547. The van der Waals surface area contributed by atoms with Crippen LogP contribution in [-0.4, -0.2) is 16.1 Å². The number of benzene rings is 1. The number of nitro benzene ring substituents is 1. The van der Waals surface area contributed by atoms with Gasteiger partial charge in [0.1, 0.15) is 0 Å². The van der Waals surface area contributed by atoms with Crippen molar-refractivity contribution in [2.75, 3.05) is 5.32 Å². The van der Waals surface area contributed by atoms with Gasteiger partial charge in [-0.2, -0.15) is 0 Å². The molecule has 2 amide bonds. The van der Waals surface area contributed by atoms with Gasteiger partial charge in [-0.25, -0.2) is 4.79 Å². The van der Waals surface area contributed by atoms with Crippen molar-refractivity contribution < 1.29 is 14.8 Å². The van der Waals surface area contributed by atoms with Crippen molar-refractivity contribution in [3.05, 3.63) is 26.8 Å². The Hall–Kier alpha value is -2.02. The van der Waals surface area contributed by atoms with Crippen molar-refractivity contribution >= 4 is 29.0 Å². The van der Waals surface area contributed by atoms with Crippen LogP contribution in [0.2, 0.25) is 5.02 Å². The zero-order valence-electron chi connectivity index (χ0n) is 11.1. The number of halogens is 1. The van der Waals surface area contributed by atoms with E-state index in [0.717, 1.165) is 25.3 Å². The Labute approximate surface area is 125 Å². The lowest BCUT2D eigenvalue weighted by Crippen LogP contribution is -2.52. The Bertz CT molecular complexity index is 641. The summed E-state index contributed by atoms with van der Waals surface area (Å²) in [5, 5.41) is 26.9. The fraction of sp³-hybridized carbons (Fsp3) is 0.462. The van der Waals surface area contributed by atoms with Crippen LogP contribution in [0.25, 0.3) is 0 Å². The van der Waals surface area contributed by atoms with Crippen LogP contribution in [0.4, 0.5) is 16.2 Å². The maximum atomic E-state index is 11.9. The normalized spacial score (nSPS) is 19.6. The molecule has 8 heteroatoms. The van der Waals surface area contributed by atoms with Crippen molar-refractivity contribution in [1.29, 1.82) is 0 Å². The third-order valence-electron chi connectivity index (χ3n) is 4.21. The molecule has 3 N–H and O–H groups in total. The van der Waals surface area contributed by atoms with E-state index in [4.69, 9.17) is 11.6 Å². The third kappa shape index (κ3) is 2.08. The van der Waals surface area contributed by atoms with Gasteiger partial charge < -0.3 is 15.7 Å². The molecule has 2 aliphatic rings. The van der Waals surface area contributed by atoms with Gasteiger partial charge in [0.15, 0.2) is 0 Å². The topological polar surface area (TPSA) is 104 Å². The van der Waals surface area contributed by atoms with E-state index in [1.54, 1.807) is 0 Å². The van der Waals surface area contributed by atoms with Crippen LogP contribution >= 0.6 is 11.6 Å². The van der Waals surface area contributed by atoms with Gasteiger partial charge in [0.2, 0.25) is 5.75 Å². The molecule has 0 aromatic heterocycles. The largest absolute Gasteiger partial charge is 0.502 e. The number of aromatic hydroxyl groups is 1. The molecule has 21 heavy (non-hydrogen) atoms. The highest BCUT2D eigenvalue weighted by Crippen LogP contribution is 2.51. The summed E-state index contributed by atoms with van der Waals surface area (Å²) in [7, 11) is 0. The predicted octanol–water partition coefficient (Wildman–Crippen LogP) is 3.25. The molecule has 112 valence electrons. The van der Waals surface area contributed by atoms with Crippen molar-refractivity contribution in [1.82, 2.24) is 5.32 Å². The molecule has 1 aromatic rings. The first-order chi connectivity index (χ1) is 9.94. The lowest BCUT2D eigenvalue weighted by molar-refractivity contribution is -0.386. The number of fused-ring (bicyclic) bond motifs is 2. The summed E-state index contributed by atoms with van der Waals surface area (Å²) in [6.45, 7) is 0. The van der Waals surface area contributed by atoms with Gasteiger partial charge in [-0.1, -0.05) is 30.9 Å². The average Bonchev–Trinajstić information content (AvgIpc) is 2.42. The number of carbonyl (C=O) groups excluding carboxylic acids is 1. The van der Waals surface area contributed by atoms with Crippen molar-refractivity contribution in [2.24, 2.45) is 0 Å². The molecule has 1 heterocycles. The number of nitro groups is 1. The van der Waals surface area contributed by atoms with Gasteiger partial charge >= 0.3 is 11.7 Å². The van der Waals surface area contributed by atoms with Crippen molar-refractivity contribution in [3.63, 3.8) is 0 Å². The summed E-state index contributed by atoms with van der Waals surface area (Å²) in [5.74, 6) is -0.422. The van der Waals surface area contributed by atoms with Crippen LogP contribution in [0.3, 0.4) is 0 Å². The molecule has 1 spiro atoms. The first-order valence-electron chi connectivity index (χ1n) is 6.74. The summed E-state index contributed by atoms with van der Waals surface area (Å²) in [5.41, 5.74) is -0.622. The van der Waals surface area contributed by atoms with Gasteiger partial charge in [-0.05, 0) is 12.8 Å². The number of nitrogens with one attached hydrogen (secondary N) is 2. The van der Waals surface area contributed by atoms with E-state index in [9.17, 15) is 20.0 Å². The molecule has 0 radical (unpaired) electrons. The van der Waals surface area contributed by atoms with Crippen LogP contribution in [0.15, 0.2) is 6.07 Å². The molecule has 1 aliphatic heterocycles. The number of nitrogens with zero attached hydrogens (tertiary/aromatic N) is 1. The molecule has 3 rings (SSSR count). The molecule has 1 fully saturated rings. The smallest absolute Gasteiger partial charge is 0.319 e. The Morgan fingerprint density at radius 1 is 1.33 bits per heavy atom. The third-order valence-corrected chi connectivity index (χ3v) is 4.50. The van der Waals surface area contributed by atoms with E-state index in [1.807, 2.05) is 0 Å². The van der Waals surface area contributed by atoms with E-state index in [0.29, 0.717) is 18.4 Å². The van der Waals surface area contributed by atoms with Gasteiger partial charge in [0.05, 0.1) is 26.7 Å². The highest BCUT2D eigenvalue weighted by molar-refractivity contribution is 6.34. The minimum atomic E-state index is -0.782. The minimum Gasteiger partial charge on any atom is -0.502 e. The first-order valence-corrected chi connectivity index (χ1v) is 7.12. The molecule has 0 atom stereocenters. The fourth-order valence-electron chi connectivity index (χ4n) is 3.31. The van der Waals surface area contributed by atoms with Crippen molar-refractivity contribution in [3.8, 4) is 5.75 Å². The molecule has 0 bridgehead atoms. The molecular formula is C13H14ClN3O4. The fourth-order valence-corrected chi connectivity index (χ4v) is 3.55. The summed E-state index contributed by atoms with van der Waals surface area (Å²) >= 11 is 6.07. The second kappa shape index (κ2) is 4.77. The lowest BCUT2D eigenvalue weighted by Gasteiger charge is -2.42. The zero-order valence-corrected chi connectivity index (χ0v) is 11.9. The summed E-state index contributed by atoms with van der Waals surface area (Å²) in [4.78, 5) is 22.3. The number of anilines is 1. The predicted molar refractivity (Wildman–Crippen MR) is 76.7 cm³/mol. The molecule has 7 nitrogen and oxygen atoms in total. The van der Waals surface area contributed by atoms with Crippen LogP contribution in [0.5, 0.6) is 5.75 Å². The number of rotatable bonds is 1. The molecule has 0 saturated heterocycles. The molecule has 1 aliphatic carbocycles. The highest BCUT2D eigenvalue weighted by atomic mass is 35.5. The van der Waals surface area contributed by atoms with Crippen LogP contribution < -0.4 is 10.6 Å². The second-order valence-corrected chi connectivity index (χ2v) is 5.86. The second-order valence-electron chi connectivity index (χ2n) is 5.46. The SMILES string of the molecule is O=C1Nc2c(Cl)cc([N+](=O)[O-])c(O)c2C2(CCCCC2)N1. The van der Waals surface area contributed by atoms with Crippen LogP contribution in [0, 0.1) is 10.1 Å². The average molecular weight is 312 g/mol. The molecule has 0 unspecified atom stereocenters. The summed E-state index contributed by atoms with van der Waals surface area (Å²) in [6, 6.07) is 0.664. The monoisotopic (exact) mass is 311 g/mol. The Morgan fingerprint density at radius 3 is 2.62 bits per heavy atom. The minimum absolute atomic E-state index is 0.0642. The molecule has 1 saturated carbocycles. The zero-order chi connectivity index (χ0) is 15.2. The molecular weight excluding hydrogens is 298 g/mol. The van der Waals surface area contributed by atoms with Crippen LogP contribution in [-0.2, 0) is 5.54 Å². The van der Waals surface area contributed by atoms with Gasteiger partial charge in [-0.3, -0.25) is 10.1 Å². The maximum Gasteiger partial charge on any atom is 0.319 e. The number of amides is 2. The maximum absolute atomic E-state index is 11.9. The van der Waals surface area contributed by atoms with E-state index in [2.05, 4.69) is 10.6 Å².